The van der Waals surface area contributed by atoms with Crippen molar-refractivity contribution in [1.29, 1.82) is 0 Å². The number of pyridine rings is 1. The molecule has 1 saturated heterocycles. The topological polar surface area (TPSA) is 21.1 Å². The van der Waals surface area contributed by atoms with E-state index in [0.29, 0.717) is 0 Å². The van der Waals surface area contributed by atoms with E-state index in [2.05, 4.69) is 76.1 Å². The van der Waals surface area contributed by atoms with Crippen molar-refractivity contribution in [3.05, 3.63) is 72.6 Å². The van der Waals surface area contributed by atoms with Gasteiger partial charge in [-0.3, -0.25) is 9.88 Å². The monoisotopic (exact) mass is 389 g/mol. The second-order valence-corrected chi connectivity index (χ2v) is 9.02. The molecule has 0 unspecified atom stereocenters. The molecule has 5 rings (SSSR count). The van der Waals surface area contributed by atoms with Gasteiger partial charge >= 0.3 is 0 Å². The molecule has 4 heteroatoms. The lowest BCUT2D eigenvalue weighted by Crippen LogP contribution is -2.38. The summed E-state index contributed by atoms with van der Waals surface area (Å²) in [5.74, 6) is 0. The Morgan fingerprint density at radius 1 is 1.04 bits per heavy atom. The van der Waals surface area contributed by atoms with Crippen LogP contribution in [0.1, 0.15) is 25.3 Å². The number of alkyl halides is 1. The Kier molecular flexibility index (Phi) is 4.37. The van der Waals surface area contributed by atoms with E-state index in [1.807, 2.05) is 12.3 Å². The van der Waals surface area contributed by atoms with E-state index in [4.69, 9.17) is 11.6 Å². The van der Waals surface area contributed by atoms with Gasteiger partial charge in [0.05, 0.1) is 11.0 Å². The average Bonchev–Trinajstić information content (AvgIpc) is 3.14. The van der Waals surface area contributed by atoms with E-state index < -0.39 is 0 Å². The predicted molar refractivity (Wildman–Crippen MR) is 117 cm³/mol. The van der Waals surface area contributed by atoms with Gasteiger partial charge in [-0.2, -0.15) is 0 Å². The minimum Gasteiger partial charge on any atom is -0.317 e. The van der Waals surface area contributed by atoms with Crippen LogP contribution in [0.4, 0.5) is 0 Å². The van der Waals surface area contributed by atoms with Crippen LogP contribution in [0.5, 0.6) is 0 Å². The highest BCUT2D eigenvalue weighted by atomic mass is 35.5. The fourth-order valence-electron chi connectivity index (χ4n) is 4.23. The fraction of sp³-hybridized carbons (Fsp3) is 0.292. The van der Waals surface area contributed by atoms with Gasteiger partial charge in [-0.15, -0.1) is 11.6 Å². The van der Waals surface area contributed by atoms with Crippen LogP contribution in [0, 0.1) is 0 Å². The second-order valence-electron chi connectivity index (χ2n) is 8.11. The number of hydrogen-bond donors (Lipinski definition) is 0. The SMILES string of the molecule is CC1(Cl)CCN(Cc2cccc3c2ccn3-c2ccc3ncccc3c2)CC1. The molecule has 1 aliphatic heterocycles. The van der Waals surface area contributed by atoms with Crippen molar-refractivity contribution in [1.82, 2.24) is 14.5 Å². The van der Waals surface area contributed by atoms with Crippen LogP contribution >= 0.6 is 11.6 Å². The molecule has 142 valence electrons. The molecule has 0 aliphatic carbocycles. The summed E-state index contributed by atoms with van der Waals surface area (Å²) in [4.78, 5) is 6.93. The number of hydrogen-bond acceptors (Lipinski definition) is 2. The Morgan fingerprint density at radius 3 is 2.75 bits per heavy atom. The Labute approximate surface area is 170 Å². The minimum atomic E-state index is -0.0310. The van der Waals surface area contributed by atoms with Crippen LogP contribution in [-0.2, 0) is 6.54 Å². The molecule has 0 radical (unpaired) electrons. The van der Waals surface area contributed by atoms with E-state index in [0.717, 1.165) is 43.4 Å². The van der Waals surface area contributed by atoms with Gasteiger partial charge in [0.25, 0.3) is 0 Å². The van der Waals surface area contributed by atoms with Crippen LogP contribution in [-0.4, -0.2) is 32.4 Å². The number of fused-ring (bicyclic) bond motifs is 2. The van der Waals surface area contributed by atoms with Crippen molar-refractivity contribution in [2.45, 2.75) is 31.2 Å². The molecule has 1 aliphatic rings. The standard InChI is InChI=1S/C24H24ClN3/c1-24(25)10-14-27(15-11-24)17-19-4-2-6-23-21(19)9-13-28(23)20-7-8-22-18(16-20)5-3-12-26-22/h2-9,12-13,16H,10-11,14-15,17H2,1H3. The third-order valence-corrected chi connectivity index (χ3v) is 6.36. The number of halogens is 1. The van der Waals surface area contributed by atoms with Gasteiger partial charge in [0.1, 0.15) is 0 Å². The molecule has 4 aromatic rings. The highest BCUT2D eigenvalue weighted by molar-refractivity contribution is 6.23. The van der Waals surface area contributed by atoms with Crippen LogP contribution in [0.15, 0.2) is 67.0 Å². The third-order valence-electron chi connectivity index (χ3n) is 5.98. The molecule has 1 fully saturated rings. The second kappa shape index (κ2) is 6.91. The molecule has 0 amide bonds. The van der Waals surface area contributed by atoms with Crippen molar-refractivity contribution >= 4 is 33.4 Å². The molecule has 0 N–H and O–H groups in total. The van der Waals surface area contributed by atoms with Crippen molar-refractivity contribution in [2.75, 3.05) is 13.1 Å². The lowest BCUT2D eigenvalue weighted by Gasteiger charge is -2.35. The zero-order chi connectivity index (χ0) is 19.1. The van der Waals surface area contributed by atoms with Crippen LogP contribution in [0.25, 0.3) is 27.5 Å². The van der Waals surface area contributed by atoms with E-state index in [1.54, 1.807) is 0 Å². The number of likely N-dealkylation sites (tertiary alicyclic amines) is 1. The lowest BCUT2D eigenvalue weighted by molar-refractivity contribution is 0.197. The fourth-order valence-corrected chi connectivity index (χ4v) is 4.39. The Hall–Kier alpha value is -2.36. The highest BCUT2D eigenvalue weighted by Gasteiger charge is 2.27. The van der Waals surface area contributed by atoms with Gasteiger partial charge in [0, 0.05) is 53.4 Å². The summed E-state index contributed by atoms with van der Waals surface area (Å²) in [6, 6.07) is 19.4. The lowest BCUT2D eigenvalue weighted by atomic mass is 9.97. The summed E-state index contributed by atoms with van der Waals surface area (Å²) in [6.07, 6.45) is 6.12. The molecule has 0 bridgehead atoms. The first-order valence-corrected chi connectivity index (χ1v) is 10.3. The van der Waals surface area contributed by atoms with E-state index in [9.17, 15) is 0 Å². The normalized spacial score (nSPS) is 17.4. The molecule has 0 atom stereocenters. The molecule has 3 heterocycles. The molecule has 3 nitrogen and oxygen atoms in total. The summed E-state index contributed by atoms with van der Waals surface area (Å²) in [5.41, 5.74) is 4.83. The summed E-state index contributed by atoms with van der Waals surface area (Å²) in [7, 11) is 0. The Bertz CT molecular complexity index is 1130. The molecule has 0 spiro atoms. The number of aromatic nitrogens is 2. The minimum absolute atomic E-state index is 0.0310. The smallest absolute Gasteiger partial charge is 0.0703 e. The highest BCUT2D eigenvalue weighted by Crippen LogP contribution is 2.31. The zero-order valence-electron chi connectivity index (χ0n) is 16.1. The molecule has 2 aromatic carbocycles. The van der Waals surface area contributed by atoms with Crippen molar-refractivity contribution < 1.29 is 0 Å². The first-order valence-electron chi connectivity index (χ1n) is 9.94. The van der Waals surface area contributed by atoms with Crippen molar-refractivity contribution in [3.8, 4) is 5.69 Å². The Morgan fingerprint density at radius 2 is 1.89 bits per heavy atom. The van der Waals surface area contributed by atoms with Gasteiger partial charge < -0.3 is 4.57 Å². The number of piperidine rings is 1. The first-order chi connectivity index (χ1) is 13.6. The maximum Gasteiger partial charge on any atom is 0.0703 e. The van der Waals surface area contributed by atoms with Crippen LogP contribution < -0.4 is 0 Å². The maximum absolute atomic E-state index is 6.51. The summed E-state index contributed by atoms with van der Waals surface area (Å²) in [6.45, 7) is 5.27. The van der Waals surface area contributed by atoms with Gasteiger partial charge in [-0.05, 0) is 61.7 Å². The largest absolute Gasteiger partial charge is 0.317 e. The first kappa shape index (κ1) is 17.7. The van der Waals surface area contributed by atoms with E-state index >= 15 is 0 Å². The number of benzene rings is 2. The Balaban J connectivity index is 1.48. The summed E-state index contributed by atoms with van der Waals surface area (Å²) >= 11 is 6.51. The quantitative estimate of drug-likeness (QED) is 0.414. The number of nitrogens with zero attached hydrogens (tertiary/aromatic N) is 3. The summed E-state index contributed by atoms with van der Waals surface area (Å²) < 4.78 is 2.28. The van der Waals surface area contributed by atoms with Gasteiger partial charge in [0.15, 0.2) is 0 Å². The number of rotatable bonds is 3. The molecular weight excluding hydrogens is 366 g/mol. The van der Waals surface area contributed by atoms with Crippen LogP contribution in [0.3, 0.4) is 0 Å². The third kappa shape index (κ3) is 3.30. The van der Waals surface area contributed by atoms with Crippen LogP contribution in [0.2, 0.25) is 0 Å². The van der Waals surface area contributed by atoms with E-state index in [-0.39, 0.29) is 4.87 Å². The molecular formula is C24H24ClN3. The molecule has 0 saturated carbocycles. The molecule has 2 aromatic heterocycles. The van der Waals surface area contributed by atoms with Gasteiger partial charge in [-0.1, -0.05) is 18.2 Å². The molecule has 28 heavy (non-hydrogen) atoms. The maximum atomic E-state index is 6.51. The zero-order valence-corrected chi connectivity index (χ0v) is 16.9. The van der Waals surface area contributed by atoms with Crippen molar-refractivity contribution in [3.63, 3.8) is 0 Å². The summed E-state index contributed by atoms with van der Waals surface area (Å²) in [5, 5.41) is 2.49. The van der Waals surface area contributed by atoms with Gasteiger partial charge in [0.2, 0.25) is 0 Å². The average molecular weight is 390 g/mol. The van der Waals surface area contributed by atoms with Gasteiger partial charge in [-0.25, -0.2) is 0 Å². The predicted octanol–water partition coefficient (Wildman–Crippen LogP) is 5.77. The van der Waals surface area contributed by atoms with Crippen molar-refractivity contribution in [2.24, 2.45) is 0 Å². The van der Waals surface area contributed by atoms with E-state index in [1.165, 1.54) is 22.2 Å².